The molecule has 13 heavy (non-hydrogen) atoms. The van der Waals surface area contributed by atoms with E-state index in [0.29, 0.717) is 5.69 Å². The van der Waals surface area contributed by atoms with E-state index in [9.17, 15) is 8.78 Å². The third-order valence-corrected chi connectivity index (χ3v) is 1.83. The predicted molar refractivity (Wildman–Crippen MR) is 45.5 cm³/mol. The first kappa shape index (κ1) is 10.2. The molecule has 0 spiro atoms. The van der Waals surface area contributed by atoms with Gasteiger partial charge in [0.2, 0.25) is 0 Å². The van der Waals surface area contributed by atoms with Crippen LogP contribution in [0.5, 0.6) is 5.75 Å². The Kier molecular flexibility index (Phi) is 3.03. The molecule has 0 saturated carbocycles. The van der Waals surface area contributed by atoms with Crippen molar-refractivity contribution in [3.63, 3.8) is 0 Å². The summed E-state index contributed by atoms with van der Waals surface area (Å²) in [5.74, 6) is 0.0764. The van der Waals surface area contributed by atoms with Gasteiger partial charge in [0, 0.05) is 11.8 Å². The summed E-state index contributed by atoms with van der Waals surface area (Å²) in [7, 11) is 1.32. The van der Waals surface area contributed by atoms with Gasteiger partial charge in [-0.25, -0.2) is 13.8 Å². The number of alkyl halides is 2. The van der Waals surface area contributed by atoms with Gasteiger partial charge in [-0.1, -0.05) is 11.6 Å². The second kappa shape index (κ2) is 3.87. The number of rotatable bonds is 2. The summed E-state index contributed by atoms with van der Waals surface area (Å²) in [5.41, 5.74) is 0.195. The van der Waals surface area contributed by atoms with Crippen molar-refractivity contribution in [3.05, 3.63) is 22.5 Å². The van der Waals surface area contributed by atoms with Crippen LogP contribution in [-0.4, -0.2) is 12.1 Å². The van der Waals surface area contributed by atoms with Gasteiger partial charge in [0.15, 0.2) is 0 Å². The first-order valence-electron chi connectivity index (χ1n) is 3.55. The Balaban J connectivity index is 3.30. The summed E-state index contributed by atoms with van der Waals surface area (Å²) in [6, 6.07) is 1.42. The molecule has 0 N–H and O–H groups in total. The van der Waals surface area contributed by atoms with Crippen LogP contribution < -0.4 is 4.74 Å². The first-order chi connectivity index (χ1) is 6.06. The van der Waals surface area contributed by atoms with Crippen LogP contribution in [0.1, 0.15) is 17.7 Å². The highest BCUT2D eigenvalue weighted by molar-refractivity contribution is 6.30. The van der Waals surface area contributed by atoms with Crippen molar-refractivity contribution in [1.29, 1.82) is 0 Å². The maximum absolute atomic E-state index is 12.4. The maximum atomic E-state index is 12.4. The summed E-state index contributed by atoms with van der Waals surface area (Å²) >= 11 is 5.54. The van der Waals surface area contributed by atoms with Crippen LogP contribution in [0.4, 0.5) is 8.78 Å². The number of hydrogen-bond acceptors (Lipinski definition) is 2. The molecule has 1 aromatic rings. The Bertz CT molecular complexity index is 317. The smallest absolute Gasteiger partial charge is 0.270 e. The molecule has 1 rings (SSSR count). The minimum Gasteiger partial charge on any atom is -0.496 e. The molecule has 0 saturated heterocycles. The van der Waals surface area contributed by atoms with Crippen molar-refractivity contribution in [2.45, 2.75) is 13.3 Å². The minimum atomic E-state index is -2.67. The lowest BCUT2D eigenvalue weighted by Crippen LogP contribution is -1.97. The predicted octanol–water partition coefficient (Wildman–Crippen LogP) is 2.99. The van der Waals surface area contributed by atoms with Crippen LogP contribution in [0.3, 0.4) is 0 Å². The van der Waals surface area contributed by atoms with Gasteiger partial charge >= 0.3 is 0 Å². The van der Waals surface area contributed by atoms with Crippen molar-refractivity contribution < 1.29 is 13.5 Å². The number of halogens is 3. The van der Waals surface area contributed by atoms with Crippen molar-refractivity contribution in [3.8, 4) is 5.75 Å². The molecule has 72 valence electrons. The van der Waals surface area contributed by atoms with Crippen LogP contribution in [0, 0.1) is 6.92 Å². The molecule has 1 aromatic heterocycles. The standard InChI is InChI=1S/C8H8ClF2NO/c1-4-3-5(13-2)6(8(10)11)7(9)12-4/h3,8H,1-2H3. The lowest BCUT2D eigenvalue weighted by Gasteiger charge is -2.09. The molecule has 0 fully saturated rings. The highest BCUT2D eigenvalue weighted by Gasteiger charge is 2.19. The summed E-state index contributed by atoms with van der Waals surface area (Å²) < 4.78 is 29.6. The maximum Gasteiger partial charge on any atom is 0.270 e. The van der Waals surface area contributed by atoms with E-state index in [4.69, 9.17) is 16.3 Å². The van der Waals surface area contributed by atoms with Gasteiger partial charge in [-0.2, -0.15) is 0 Å². The second-order valence-corrected chi connectivity index (χ2v) is 2.83. The SMILES string of the molecule is COc1cc(C)nc(Cl)c1C(F)F. The molecule has 2 nitrogen and oxygen atoms in total. The van der Waals surface area contributed by atoms with Gasteiger partial charge in [0.1, 0.15) is 10.9 Å². The summed E-state index contributed by atoms with van der Waals surface area (Å²) in [6.45, 7) is 1.66. The number of ether oxygens (including phenoxy) is 1. The molecule has 0 aliphatic rings. The van der Waals surface area contributed by atoms with E-state index in [2.05, 4.69) is 4.98 Å². The fourth-order valence-electron chi connectivity index (χ4n) is 0.983. The molecular formula is C8H8ClF2NO. The summed E-state index contributed by atoms with van der Waals surface area (Å²) in [5, 5.41) is -0.202. The molecule has 5 heteroatoms. The van der Waals surface area contributed by atoms with Gasteiger partial charge < -0.3 is 4.74 Å². The molecule has 0 atom stereocenters. The van der Waals surface area contributed by atoms with Crippen molar-refractivity contribution in [1.82, 2.24) is 4.98 Å². The Hall–Kier alpha value is -0.900. The van der Waals surface area contributed by atoms with Crippen LogP contribution >= 0.6 is 11.6 Å². The van der Waals surface area contributed by atoms with E-state index in [1.165, 1.54) is 13.2 Å². The van der Waals surface area contributed by atoms with Gasteiger partial charge in [-0.3, -0.25) is 0 Å². The topological polar surface area (TPSA) is 22.1 Å². The first-order valence-corrected chi connectivity index (χ1v) is 3.93. The Labute approximate surface area is 79.5 Å². The van der Waals surface area contributed by atoms with E-state index in [-0.39, 0.29) is 16.5 Å². The van der Waals surface area contributed by atoms with Crippen LogP contribution in [0.15, 0.2) is 6.07 Å². The highest BCUT2D eigenvalue weighted by Crippen LogP contribution is 2.34. The zero-order valence-electron chi connectivity index (χ0n) is 7.14. The monoisotopic (exact) mass is 207 g/mol. The molecule has 0 aliphatic carbocycles. The van der Waals surface area contributed by atoms with E-state index in [1.807, 2.05) is 0 Å². The van der Waals surface area contributed by atoms with Crippen molar-refractivity contribution in [2.75, 3.05) is 7.11 Å². The number of pyridine rings is 1. The third-order valence-electron chi connectivity index (χ3n) is 1.54. The molecule has 0 bridgehead atoms. The molecule has 0 aromatic carbocycles. The zero-order chi connectivity index (χ0) is 10.0. The Morgan fingerprint density at radius 1 is 1.54 bits per heavy atom. The van der Waals surface area contributed by atoms with Crippen molar-refractivity contribution >= 4 is 11.6 Å². The Morgan fingerprint density at radius 3 is 2.62 bits per heavy atom. The molecule has 1 heterocycles. The summed E-state index contributed by atoms with van der Waals surface area (Å²) in [4.78, 5) is 3.71. The molecule has 0 radical (unpaired) electrons. The second-order valence-electron chi connectivity index (χ2n) is 2.47. The van der Waals surface area contributed by atoms with Crippen LogP contribution in [-0.2, 0) is 0 Å². The Morgan fingerprint density at radius 2 is 2.15 bits per heavy atom. The highest BCUT2D eigenvalue weighted by atomic mass is 35.5. The quantitative estimate of drug-likeness (QED) is 0.696. The molecule has 0 unspecified atom stereocenters. The average Bonchev–Trinajstić information content (AvgIpc) is 2.01. The zero-order valence-corrected chi connectivity index (χ0v) is 7.90. The minimum absolute atomic E-state index is 0.0764. The summed E-state index contributed by atoms with van der Waals surface area (Å²) in [6.07, 6.45) is -2.67. The average molecular weight is 208 g/mol. The van der Waals surface area contributed by atoms with Crippen LogP contribution in [0.25, 0.3) is 0 Å². The van der Waals surface area contributed by atoms with Gasteiger partial charge in [0.25, 0.3) is 6.43 Å². The fraction of sp³-hybridized carbons (Fsp3) is 0.375. The van der Waals surface area contributed by atoms with Gasteiger partial charge in [0.05, 0.1) is 12.7 Å². The lowest BCUT2D eigenvalue weighted by atomic mass is 10.2. The fourth-order valence-corrected chi connectivity index (χ4v) is 1.29. The number of aryl methyl sites for hydroxylation is 1. The molecule has 0 aliphatic heterocycles. The normalized spacial score (nSPS) is 10.6. The number of methoxy groups -OCH3 is 1. The lowest BCUT2D eigenvalue weighted by molar-refractivity contribution is 0.146. The van der Waals surface area contributed by atoms with Crippen LogP contribution in [0.2, 0.25) is 5.15 Å². The van der Waals surface area contributed by atoms with E-state index in [1.54, 1.807) is 6.92 Å². The largest absolute Gasteiger partial charge is 0.496 e. The van der Waals surface area contributed by atoms with E-state index < -0.39 is 6.43 Å². The third kappa shape index (κ3) is 2.06. The molecular weight excluding hydrogens is 200 g/mol. The van der Waals surface area contributed by atoms with E-state index >= 15 is 0 Å². The van der Waals surface area contributed by atoms with Crippen molar-refractivity contribution in [2.24, 2.45) is 0 Å². The molecule has 0 amide bonds. The van der Waals surface area contributed by atoms with E-state index in [0.717, 1.165) is 0 Å². The van der Waals surface area contributed by atoms with Gasteiger partial charge in [-0.15, -0.1) is 0 Å². The number of aromatic nitrogens is 1. The van der Waals surface area contributed by atoms with Gasteiger partial charge in [-0.05, 0) is 6.92 Å². The number of nitrogens with zero attached hydrogens (tertiary/aromatic N) is 1. The number of hydrogen-bond donors (Lipinski definition) is 0.